The molecular weight excluding hydrogens is 361 g/mol. The molecule has 1 aromatic carbocycles. The van der Waals surface area contributed by atoms with Crippen molar-refractivity contribution in [1.82, 2.24) is 20.9 Å². The largest absolute Gasteiger partial charge is 0.352 e. The lowest BCUT2D eigenvalue weighted by Crippen LogP contribution is -2.44. The van der Waals surface area contributed by atoms with Crippen LogP contribution < -0.4 is 20.9 Å². The number of hydrogen-bond acceptors (Lipinski definition) is 4. The van der Waals surface area contributed by atoms with Gasteiger partial charge >= 0.3 is 6.03 Å². The predicted molar refractivity (Wildman–Crippen MR) is 101 cm³/mol. The third kappa shape index (κ3) is 5.06. The molecule has 0 saturated carbocycles. The second-order valence-corrected chi connectivity index (χ2v) is 6.25. The van der Waals surface area contributed by atoms with Crippen molar-refractivity contribution in [2.24, 2.45) is 0 Å². The van der Waals surface area contributed by atoms with E-state index < -0.39 is 11.7 Å². The molecule has 2 fully saturated rings. The fourth-order valence-corrected chi connectivity index (χ4v) is 3.11. The van der Waals surface area contributed by atoms with Crippen LogP contribution in [0.2, 0.25) is 0 Å². The summed E-state index contributed by atoms with van der Waals surface area (Å²) in [7, 11) is 0. The van der Waals surface area contributed by atoms with Crippen LogP contribution in [0.15, 0.2) is 18.2 Å². The summed E-state index contributed by atoms with van der Waals surface area (Å²) >= 11 is 0. The van der Waals surface area contributed by atoms with Crippen molar-refractivity contribution in [3.05, 3.63) is 29.6 Å². The maximum Gasteiger partial charge on any atom is 0.321 e. The number of benzene rings is 1. The molecule has 0 aromatic heterocycles. The van der Waals surface area contributed by atoms with E-state index in [1.165, 1.54) is 23.1 Å². The first-order valence-electron chi connectivity index (χ1n) is 8.71. The Morgan fingerprint density at radius 3 is 2.65 bits per heavy atom. The Bertz CT molecular complexity index is 640. The Morgan fingerprint density at radius 2 is 1.96 bits per heavy atom. The topological polar surface area (TPSA) is 76.7 Å². The van der Waals surface area contributed by atoms with Crippen molar-refractivity contribution in [2.45, 2.75) is 6.42 Å². The summed E-state index contributed by atoms with van der Waals surface area (Å²) in [6, 6.07) is 3.96. The maximum absolute atomic E-state index is 14.0. The smallest absolute Gasteiger partial charge is 0.321 e. The average molecular weight is 386 g/mol. The molecule has 0 atom stereocenters. The summed E-state index contributed by atoms with van der Waals surface area (Å²) in [5.41, 5.74) is 0.502. The minimum atomic E-state index is -0.581. The highest BCUT2D eigenvalue weighted by Gasteiger charge is 2.23. The summed E-state index contributed by atoms with van der Waals surface area (Å²) in [5.74, 6) is -1.03. The summed E-state index contributed by atoms with van der Waals surface area (Å²) in [6.07, 6.45) is 0.821. The molecule has 0 bridgehead atoms. The molecule has 0 unspecified atom stereocenters. The fourth-order valence-electron chi connectivity index (χ4n) is 3.11. The highest BCUT2D eigenvalue weighted by molar-refractivity contribution is 5.98. The van der Waals surface area contributed by atoms with Gasteiger partial charge in [0.1, 0.15) is 5.82 Å². The Kier molecular flexibility index (Phi) is 7.62. The van der Waals surface area contributed by atoms with Gasteiger partial charge < -0.3 is 20.9 Å². The molecule has 2 aliphatic heterocycles. The van der Waals surface area contributed by atoms with Crippen molar-refractivity contribution >= 4 is 30.0 Å². The van der Waals surface area contributed by atoms with E-state index in [9.17, 15) is 14.0 Å². The summed E-state index contributed by atoms with van der Waals surface area (Å²) in [5, 5.41) is 8.75. The highest BCUT2D eigenvalue weighted by atomic mass is 35.5. The molecule has 26 heavy (non-hydrogen) atoms. The van der Waals surface area contributed by atoms with Gasteiger partial charge in [-0.25, -0.2) is 9.18 Å². The van der Waals surface area contributed by atoms with Crippen LogP contribution in [-0.2, 0) is 0 Å². The van der Waals surface area contributed by atoms with Crippen LogP contribution in [0, 0.1) is 5.82 Å². The monoisotopic (exact) mass is 385 g/mol. The number of piperazine rings is 1. The normalized spacial score (nSPS) is 17.6. The predicted octanol–water partition coefficient (Wildman–Crippen LogP) is 0.802. The Morgan fingerprint density at radius 1 is 1.19 bits per heavy atom. The van der Waals surface area contributed by atoms with Gasteiger partial charge in [0.2, 0.25) is 0 Å². The van der Waals surface area contributed by atoms with E-state index in [1.807, 2.05) is 0 Å². The van der Waals surface area contributed by atoms with Crippen LogP contribution in [0.5, 0.6) is 0 Å². The van der Waals surface area contributed by atoms with Gasteiger partial charge in [-0.1, -0.05) is 0 Å². The molecule has 144 valence electrons. The van der Waals surface area contributed by atoms with Crippen LogP contribution in [0.3, 0.4) is 0 Å². The molecule has 2 heterocycles. The zero-order valence-corrected chi connectivity index (χ0v) is 15.4. The van der Waals surface area contributed by atoms with Gasteiger partial charge in [-0.2, -0.15) is 0 Å². The van der Waals surface area contributed by atoms with Crippen molar-refractivity contribution in [3.8, 4) is 0 Å². The first-order valence-corrected chi connectivity index (χ1v) is 8.71. The number of anilines is 1. The van der Waals surface area contributed by atoms with E-state index in [2.05, 4.69) is 20.9 Å². The highest BCUT2D eigenvalue weighted by Crippen LogP contribution is 2.20. The lowest BCUT2D eigenvalue weighted by Gasteiger charge is -2.27. The van der Waals surface area contributed by atoms with E-state index in [0.29, 0.717) is 25.3 Å². The van der Waals surface area contributed by atoms with Crippen LogP contribution >= 0.6 is 12.4 Å². The number of nitrogens with zero attached hydrogens (tertiary/aromatic N) is 2. The number of urea groups is 1. The third-order valence-corrected chi connectivity index (χ3v) is 4.51. The summed E-state index contributed by atoms with van der Waals surface area (Å²) < 4.78 is 14.0. The standard InChI is InChI=1S/C17H24FN5O2.ClH/c18-15-3-2-13(23-11-7-21-17(23)25)12-14(15)16(24)20-4-1-8-22-9-5-19-6-10-22;/h2-3,12,19H,1,4-11H2,(H,20,24)(H,21,25);1H. The maximum atomic E-state index is 14.0. The van der Waals surface area contributed by atoms with Crippen LogP contribution in [0.1, 0.15) is 16.8 Å². The molecule has 3 amide bonds. The van der Waals surface area contributed by atoms with Crippen molar-refractivity contribution < 1.29 is 14.0 Å². The first-order chi connectivity index (χ1) is 12.1. The number of amides is 3. The molecule has 0 radical (unpaired) electrons. The van der Waals surface area contributed by atoms with Gasteiger partial charge in [0.25, 0.3) is 5.91 Å². The molecule has 2 aliphatic rings. The lowest BCUT2D eigenvalue weighted by molar-refractivity contribution is 0.0947. The molecule has 7 nitrogen and oxygen atoms in total. The Labute approximate surface area is 158 Å². The van der Waals surface area contributed by atoms with Gasteiger partial charge in [0, 0.05) is 51.5 Å². The van der Waals surface area contributed by atoms with Gasteiger partial charge in [-0.05, 0) is 31.2 Å². The molecule has 3 N–H and O–H groups in total. The molecule has 0 spiro atoms. The second-order valence-electron chi connectivity index (χ2n) is 6.25. The fraction of sp³-hybridized carbons (Fsp3) is 0.529. The van der Waals surface area contributed by atoms with Gasteiger partial charge in [-0.3, -0.25) is 9.69 Å². The molecule has 1 aromatic rings. The van der Waals surface area contributed by atoms with Gasteiger partial charge in [0.05, 0.1) is 5.56 Å². The van der Waals surface area contributed by atoms with Gasteiger partial charge in [-0.15, -0.1) is 12.4 Å². The average Bonchev–Trinajstić information content (AvgIpc) is 3.06. The van der Waals surface area contributed by atoms with Crippen molar-refractivity contribution in [3.63, 3.8) is 0 Å². The number of hydrogen-bond donors (Lipinski definition) is 3. The number of carbonyl (C=O) groups excluding carboxylic acids is 2. The second kappa shape index (κ2) is 9.70. The van der Waals surface area contributed by atoms with Crippen LogP contribution in [0.25, 0.3) is 0 Å². The third-order valence-electron chi connectivity index (χ3n) is 4.51. The van der Waals surface area contributed by atoms with E-state index >= 15 is 0 Å². The van der Waals surface area contributed by atoms with E-state index in [-0.39, 0.29) is 24.0 Å². The Hall–Kier alpha value is -1.90. The number of rotatable bonds is 6. The molecule has 3 rings (SSSR count). The van der Waals surface area contributed by atoms with Gasteiger partial charge in [0.15, 0.2) is 0 Å². The zero-order valence-electron chi connectivity index (χ0n) is 14.6. The Balaban J connectivity index is 0.00000243. The van der Waals surface area contributed by atoms with Crippen LogP contribution in [0.4, 0.5) is 14.9 Å². The molecule has 9 heteroatoms. The number of nitrogens with one attached hydrogen (secondary N) is 3. The number of carbonyl (C=O) groups is 2. The van der Waals surface area contributed by atoms with Crippen molar-refractivity contribution in [2.75, 3.05) is 57.3 Å². The number of halogens is 2. The van der Waals surface area contributed by atoms with E-state index in [1.54, 1.807) is 0 Å². The molecule has 2 saturated heterocycles. The zero-order chi connectivity index (χ0) is 17.6. The first kappa shape index (κ1) is 20.4. The van der Waals surface area contributed by atoms with Crippen LogP contribution in [-0.4, -0.2) is 69.2 Å². The molecule has 0 aliphatic carbocycles. The molecular formula is C17H25ClFN5O2. The minimum Gasteiger partial charge on any atom is -0.352 e. The van der Waals surface area contributed by atoms with E-state index in [4.69, 9.17) is 0 Å². The quantitative estimate of drug-likeness (QED) is 0.633. The van der Waals surface area contributed by atoms with Crippen molar-refractivity contribution in [1.29, 1.82) is 0 Å². The lowest BCUT2D eigenvalue weighted by atomic mass is 10.1. The van der Waals surface area contributed by atoms with E-state index in [0.717, 1.165) is 39.1 Å². The SMILES string of the molecule is Cl.O=C(NCCCN1CCNCC1)c1cc(N2CCNC2=O)ccc1F. The minimum absolute atomic E-state index is 0. The summed E-state index contributed by atoms with van der Waals surface area (Å²) in [4.78, 5) is 27.8. The summed E-state index contributed by atoms with van der Waals surface area (Å²) in [6.45, 7) is 6.49.